The molecule has 124 valence electrons. The van der Waals surface area contributed by atoms with Gasteiger partial charge in [0, 0.05) is 38.5 Å². The fourth-order valence-corrected chi connectivity index (χ4v) is 3.18. The molecular weight excluding hydrogens is 288 g/mol. The van der Waals surface area contributed by atoms with Crippen LogP contribution in [0.5, 0.6) is 0 Å². The molecule has 2 aromatic rings. The number of methoxy groups -OCH3 is 1. The van der Waals surface area contributed by atoms with Crippen molar-refractivity contribution in [1.82, 2.24) is 14.7 Å². The number of ether oxygens (including phenoxy) is 1. The van der Waals surface area contributed by atoms with Crippen LogP contribution in [-0.4, -0.2) is 47.5 Å². The van der Waals surface area contributed by atoms with Crippen molar-refractivity contribution in [1.29, 1.82) is 0 Å². The summed E-state index contributed by atoms with van der Waals surface area (Å²) in [5, 5.41) is 7.97. The first-order chi connectivity index (χ1) is 11.3. The Morgan fingerprint density at radius 2 is 2.17 bits per heavy atom. The Labute approximate surface area is 138 Å². The fraction of sp³-hybridized carbons (Fsp3) is 0.500. The number of likely N-dealkylation sites (tertiary alicyclic amines) is 1. The van der Waals surface area contributed by atoms with E-state index in [9.17, 15) is 0 Å². The SMILES string of the molecule is COCCn1cc(NC2CCN(C(C)c3ccccc3)C2)cn1. The zero-order chi connectivity index (χ0) is 16.1. The molecule has 5 nitrogen and oxygen atoms in total. The Balaban J connectivity index is 1.52. The van der Waals surface area contributed by atoms with Gasteiger partial charge < -0.3 is 10.1 Å². The Morgan fingerprint density at radius 1 is 1.35 bits per heavy atom. The minimum atomic E-state index is 0.465. The summed E-state index contributed by atoms with van der Waals surface area (Å²) in [6, 6.07) is 11.7. The molecule has 1 fully saturated rings. The second-order valence-corrected chi connectivity index (χ2v) is 6.20. The molecule has 23 heavy (non-hydrogen) atoms. The zero-order valence-corrected chi connectivity index (χ0v) is 14.0. The second-order valence-electron chi connectivity index (χ2n) is 6.20. The van der Waals surface area contributed by atoms with Crippen molar-refractivity contribution >= 4 is 5.69 Å². The molecule has 0 saturated carbocycles. The molecule has 3 rings (SSSR count). The number of hydrogen-bond acceptors (Lipinski definition) is 4. The predicted molar refractivity (Wildman–Crippen MR) is 92.6 cm³/mol. The maximum absolute atomic E-state index is 5.08. The molecule has 1 N–H and O–H groups in total. The van der Waals surface area contributed by atoms with Crippen molar-refractivity contribution in [3.05, 3.63) is 48.3 Å². The Bertz CT molecular complexity index is 598. The Hall–Kier alpha value is -1.85. The largest absolute Gasteiger partial charge is 0.383 e. The van der Waals surface area contributed by atoms with Crippen molar-refractivity contribution in [2.24, 2.45) is 0 Å². The van der Waals surface area contributed by atoms with Gasteiger partial charge in [-0.3, -0.25) is 9.58 Å². The van der Waals surface area contributed by atoms with Crippen molar-refractivity contribution < 1.29 is 4.74 Å². The van der Waals surface area contributed by atoms with Gasteiger partial charge in [0.2, 0.25) is 0 Å². The van der Waals surface area contributed by atoms with E-state index in [-0.39, 0.29) is 0 Å². The van der Waals surface area contributed by atoms with Gasteiger partial charge in [-0.25, -0.2) is 0 Å². The highest BCUT2D eigenvalue weighted by Gasteiger charge is 2.26. The molecule has 2 unspecified atom stereocenters. The van der Waals surface area contributed by atoms with Gasteiger partial charge in [-0.15, -0.1) is 0 Å². The lowest BCUT2D eigenvalue weighted by Crippen LogP contribution is -2.28. The lowest BCUT2D eigenvalue weighted by molar-refractivity contribution is 0.183. The molecular formula is C18H26N4O. The molecule has 0 spiro atoms. The molecule has 1 aromatic carbocycles. The van der Waals surface area contributed by atoms with Crippen LogP contribution < -0.4 is 5.32 Å². The number of hydrogen-bond donors (Lipinski definition) is 1. The number of nitrogens with one attached hydrogen (secondary N) is 1. The normalized spacial score (nSPS) is 19.8. The molecule has 5 heteroatoms. The Kier molecular flexibility index (Phi) is 5.31. The summed E-state index contributed by atoms with van der Waals surface area (Å²) >= 11 is 0. The molecule has 2 heterocycles. The van der Waals surface area contributed by atoms with Crippen LogP contribution in [0, 0.1) is 0 Å². The van der Waals surface area contributed by atoms with Crippen LogP contribution in [0.15, 0.2) is 42.7 Å². The molecule has 0 aliphatic carbocycles. The van der Waals surface area contributed by atoms with E-state index in [1.165, 1.54) is 12.0 Å². The topological polar surface area (TPSA) is 42.3 Å². The van der Waals surface area contributed by atoms with E-state index in [4.69, 9.17) is 4.74 Å². The van der Waals surface area contributed by atoms with Crippen LogP contribution in [0.3, 0.4) is 0 Å². The quantitative estimate of drug-likeness (QED) is 0.853. The average Bonchev–Trinajstić information content (AvgIpc) is 3.23. The van der Waals surface area contributed by atoms with Crippen molar-refractivity contribution in [2.45, 2.75) is 32.0 Å². The van der Waals surface area contributed by atoms with Crippen molar-refractivity contribution in [2.75, 3.05) is 32.1 Å². The van der Waals surface area contributed by atoms with Gasteiger partial charge in [0.15, 0.2) is 0 Å². The van der Waals surface area contributed by atoms with Gasteiger partial charge in [-0.1, -0.05) is 30.3 Å². The number of benzene rings is 1. The third-order valence-electron chi connectivity index (χ3n) is 4.58. The fourth-order valence-electron chi connectivity index (χ4n) is 3.18. The van der Waals surface area contributed by atoms with E-state index in [2.05, 4.69) is 58.8 Å². The molecule has 1 aliphatic heterocycles. The van der Waals surface area contributed by atoms with Crippen LogP contribution in [-0.2, 0) is 11.3 Å². The third kappa shape index (κ3) is 4.12. The van der Waals surface area contributed by atoms with E-state index in [0.717, 1.165) is 25.3 Å². The van der Waals surface area contributed by atoms with E-state index < -0.39 is 0 Å². The van der Waals surface area contributed by atoms with E-state index in [1.807, 2.05) is 10.9 Å². The summed E-state index contributed by atoms with van der Waals surface area (Å²) in [4.78, 5) is 2.54. The van der Waals surface area contributed by atoms with Crippen LogP contribution in [0.2, 0.25) is 0 Å². The minimum absolute atomic E-state index is 0.465. The summed E-state index contributed by atoms with van der Waals surface area (Å²) in [6.07, 6.45) is 5.13. The minimum Gasteiger partial charge on any atom is -0.383 e. The lowest BCUT2D eigenvalue weighted by atomic mass is 10.1. The van der Waals surface area contributed by atoms with E-state index >= 15 is 0 Å². The van der Waals surface area contributed by atoms with Crippen molar-refractivity contribution in [3.63, 3.8) is 0 Å². The van der Waals surface area contributed by atoms with Crippen LogP contribution in [0.1, 0.15) is 24.9 Å². The smallest absolute Gasteiger partial charge is 0.0729 e. The number of nitrogens with zero attached hydrogens (tertiary/aromatic N) is 3. The van der Waals surface area contributed by atoms with Crippen LogP contribution in [0.4, 0.5) is 5.69 Å². The molecule has 0 radical (unpaired) electrons. The highest BCUT2D eigenvalue weighted by Crippen LogP contribution is 2.25. The lowest BCUT2D eigenvalue weighted by Gasteiger charge is -2.24. The molecule has 0 amide bonds. The summed E-state index contributed by atoms with van der Waals surface area (Å²) in [5.41, 5.74) is 2.49. The monoisotopic (exact) mass is 314 g/mol. The van der Waals surface area contributed by atoms with E-state index in [0.29, 0.717) is 18.7 Å². The molecule has 0 bridgehead atoms. The highest BCUT2D eigenvalue weighted by atomic mass is 16.5. The first-order valence-electron chi connectivity index (χ1n) is 8.33. The van der Waals surface area contributed by atoms with Crippen molar-refractivity contribution in [3.8, 4) is 0 Å². The van der Waals surface area contributed by atoms with Gasteiger partial charge in [0.25, 0.3) is 0 Å². The molecule has 1 saturated heterocycles. The average molecular weight is 314 g/mol. The maximum atomic E-state index is 5.08. The predicted octanol–water partition coefficient (Wildman–Crippen LogP) is 2.78. The summed E-state index contributed by atoms with van der Waals surface area (Å²) < 4.78 is 7.00. The van der Waals surface area contributed by atoms with Gasteiger partial charge in [-0.2, -0.15) is 5.10 Å². The molecule has 1 aromatic heterocycles. The zero-order valence-electron chi connectivity index (χ0n) is 14.0. The van der Waals surface area contributed by atoms with Crippen LogP contribution in [0.25, 0.3) is 0 Å². The van der Waals surface area contributed by atoms with Gasteiger partial charge in [0.1, 0.15) is 0 Å². The van der Waals surface area contributed by atoms with Crippen LogP contribution >= 0.6 is 0 Å². The maximum Gasteiger partial charge on any atom is 0.0729 e. The standard InChI is InChI=1S/C18H26N4O/c1-15(16-6-4-3-5-7-16)21-9-8-17(13-21)20-18-12-19-22(14-18)10-11-23-2/h3-7,12,14-15,17,20H,8-11,13H2,1-2H3. The van der Waals surface area contributed by atoms with Gasteiger partial charge in [-0.05, 0) is 18.9 Å². The number of anilines is 1. The Morgan fingerprint density at radius 3 is 2.96 bits per heavy atom. The highest BCUT2D eigenvalue weighted by molar-refractivity contribution is 5.39. The second kappa shape index (κ2) is 7.62. The first-order valence-corrected chi connectivity index (χ1v) is 8.33. The van der Waals surface area contributed by atoms with Gasteiger partial charge in [0.05, 0.1) is 25.0 Å². The number of rotatable bonds is 7. The molecule has 2 atom stereocenters. The third-order valence-corrected chi connectivity index (χ3v) is 4.58. The summed E-state index contributed by atoms with van der Waals surface area (Å²) in [6.45, 7) is 5.97. The first kappa shape index (κ1) is 16.0. The van der Waals surface area contributed by atoms with E-state index in [1.54, 1.807) is 7.11 Å². The summed E-state index contributed by atoms with van der Waals surface area (Å²) in [5.74, 6) is 0. The number of aromatic nitrogens is 2. The summed E-state index contributed by atoms with van der Waals surface area (Å²) in [7, 11) is 1.71. The van der Waals surface area contributed by atoms with Gasteiger partial charge >= 0.3 is 0 Å². The molecule has 1 aliphatic rings.